The number of aliphatic hydroxyl groups is 3. The maximum absolute atomic E-state index is 10.6. The summed E-state index contributed by atoms with van der Waals surface area (Å²) in [6, 6.07) is 0. The van der Waals surface area contributed by atoms with Crippen molar-refractivity contribution >= 4 is 0 Å². The lowest BCUT2D eigenvalue weighted by Crippen LogP contribution is -2.84. The van der Waals surface area contributed by atoms with Gasteiger partial charge in [-0.25, -0.2) is 0 Å². The van der Waals surface area contributed by atoms with E-state index in [2.05, 4.69) is 0 Å². The number of hydrogen-bond donors (Lipinski definition) is 3. The Balaban J connectivity index is 2.25. The maximum atomic E-state index is 10.6. The van der Waals surface area contributed by atoms with Crippen LogP contribution >= 0.6 is 0 Å². The molecule has 1 unspecified atom stereocenters. The summed E-state index contributed by atoms with van der Waals surface area (Å²) < 4.78 is 37.0. The first-order valence-corrected chi connectivity index (χ1v) is 11.0. The fraction of sp³-hybridized carbons (Fsp3) is 1.00. The van der Waals surface area contributed by atoms with Gasteiger partial charge in [0, 0.05) is 16.2 Å². The van der Waals surface area contributed by atoms with Crippen LogP contribution < -0.4 is 0 Å². The molecule has 0 bridgehead atoms. The monoisotopic (exact) mass is 448 g/mol. The molecule has 31 heavy (non-hydrogen) atoms. The minimum Gasteiger partial charge on any atom is -0.396 e. The minimum atomic E-state index is -1.48. The highest BCUT2D eigenvalue weighted by Crippen LogP contribution is 2.63. The minimum absolute atomic E-state index is 0.0277. The summed E-state index contributed by atoms with van der Waals surface area (Å²) in [5.41, 5.74) is -4.58. The third-order valence-electron chi connectivity index (χ3n) is 7.75. The summed E-state index contributed by atoms with van der Waals surface area (Å²) in [6.45, 7) is 10.2. The average molecular weight is 449 g/mol. The van der Waals surface area contributed by atoms with Crippen molar-refractivity contribution in [3.8, 4) is 0 Å². The predicted octanol–water partition coefficient (Wildman–Crippen LogP) is 0.889. The molecule has 0 saturated carbocycles. The average Bonchev–Trinajstić information content (AvgIpc) is 2.79. The van der Waals surface area contributed by atoms with Crippen molar-refractivity contribution in [2.24, 2.45) is 21.7 Å². The van der Waals surface area contributed by atoms with E-state index in [0.29, 0.717) is 6.42 Å². The van der Waals surface area contributed by atoms with E-state index < -0.39 is 33.0 Å². The van der Waals surface area contributed by atoms with Gasteiger partial charge in [-0.3, -0.25) is 0 Å². The summed E-state index contributed by atoms with van der Waals surface area (Å²) in [6.07, 6.45) is 0.664. The van der Waals surface area contributed by atoms with Gasteiger partial charge in [-0.2, -0.15) is 0 Å². The molecule has 1 spiro atoms. The first-order valence-electron chi connectivity index (χ1n) is 11.0. The Hall–Kier alpha value is -0.360. The molecule has 0 aromatic rings. The van der Waals surface area contributed by atoms with Gasteiger partial charge in [0.2, 0.25) is 5.79 Å². The van der Waals surface area contributed by atoms with Crippen molar-refractivity contribution in [2.75, 3.05) is 66.4 Å². The van der Waals surface area contributed by atoms with Crippen LogP contribution in [-0.2, 0) is 28.4 Å². The van der Waals surface area contributed by atoms with Crippen LogP contribution in [0.5, 0.6) is 0 Å². The SMILES string of the molecule is CCC1(CO)COC(C(C)(C)CO)(C2(C(C)(C)CO)OCOCC23COCOC3)OC1. The maximum Gasteiger partial charge on any atom is 0.206 e. The van der Waals surface area contributed by atoms with Gasteiger partial charge in [0.1, 0.15) is 19.2 Å². The van der Waals surface area contributed by atoms with Crippen LogP contribution in [0.15, 0.2) is 0 Å². The highest BCUT2D eigenvalue weighted by atomic mass is 16.8. The van der Waals surface area contributed by atoms with Crippen molar-refractivity contribution in [3.05, 3.63) is 0 Å². The lowest BCUT2D eigenvalue weighted by molar-refractivity contribution is -0.487. The second-order valence-corrected chi connectivity index (χ2v) is 10.7. The molecule has 3 rings (SSSR count). The molecule has 3 saturated heterocycles. The van der Waals surface area contributed by atoms with Crippen molar-refractivity contribution in [1.82, 2.24) is 0 Å². The lowest BCUT2D eigenvalue weighted by atomic mass is 9.51. The van der Waals surface area contributed by atoms with Crippen LogP contribution in [0.25, 0.3) is 0 Å². The Morgan fingerprint density at radius 3 is 1.68 bits per heavy atom. The van der Waals surface area contributed by atoms with Crippen LogP contribution in [-0.4, -0.2) is 93.1 Å². The molecule has 0 aromatic heterocycles. The fourth-order valence-electron chi connectivity index (χ4n) is 5.57. The zero-order valence-electron chi connectivity index (χ0n) is 19.6. The first kappa shape index (κ1) is 25.3. The summed E-state index contributed by atoms with van der Waals surface area (Å²) in [4.78, 5) is 0. The third kappa shape index (κ3) is 3.48. The zero-order chi connectivity index (χ0) is 23.0. The largest absolute Gasteiger partial charge is 0.396 e. The molecule has 9 heteroatoms. The van der Waals surface area contributed by atoms with Gasteiger partial charge < -0.3 is 43.7 Å². The van der Waals surface area contributed by atoms with Crippen LogP contribution in [0.1, 0.15) is 41.0 Å². The Morgan fingerprint density at radius 2 is 1.23 bits per heavy atom. The van der Waals surface area contributed by atoms with Crippen LogP contribution in [0.2, 0.25) is 0 Å². The Kier molecular flexibility index (Phi) is 7.15. The number of hydrogen-bond acceptors (Lipinski definition) is 9. The van der Waals surface area contributed by atoms with E-state index in [1.54, 1.807) is 0 Å². The van der Waals surface area contributed by atoms with E-state index in [4.69, 9.17) is 28.4 Å². The van der Waals surface area contributed by atoms with Crippen LogP contribution in [0.3, 0.4) is 0 Å². The molecule has 3 heterocycles. The van der Waals surface area contributed by atoms with E-state index in [-0.39, 0.29) is 66.4 Å². The molecular formula is C22H40O9. The standard InChI is InChI=1S/C22H40O9/c1-6-19(9-25)10-29-22(30-11-19,18(4,5)8-24)21(17(2,3)7-23)20(14-28-16-31-21)12-26-15-27-13-20/h23-25H,6-16H2,1-5H3. The molecule has 1 atom stereocenters. The summed E-state index contributed by atoms with van der Waals surface area (Å²) in [5.74, 6) is -1.48. The van der Waals surface area contributed by atoms with Crippen molar-refractivity contribution in [1.29, 1.82) is 0 Å². The van der Waals surface area contributed by atoms with E-state index >= 15 is 0 Å². The number of rotatable bonds is 7. The van der Waals surface area contributed by atoms with Gasteiger partial charge in [0.15, 0.2) is 0 Å². The summed E-state index contributed by atoms with van der Waals surface area (Å²) in [5, 5.41) is 31.1. The smallest absolute Gasteiger partial charge is 0.206 e. The highest BCUT2D eigenvalue weighted by molar-refractivity contribution is 5.21. The molecule has 0 amide bonds. The van der Waals surface area contributed by atoms with E-state index in [9.17, 15) is 15.3 Å². The molecule has 3 aliphatic rings. The lowest BCUT2D eigenvalue weighted by Gasteiger charge is -2.69. The first-order chi connectivity index (χ1) is 14.6. The predicted molar refractivity (Wildman–Crippen MR) is 110 cm³/mol. The van der Waals surface area contributed by atoms with Gasteiger partial charge >= 0.3 is 0 Å². The van der Waals surface area contributed by atoms with Gasteiger partial charge in [-0.05, 0) is 6.42 Å². The van der Waals surface area contributed by atoms with Crippen LogP contribution in [0, 0.1) is 21.7 Å². The molecule has 3 N–H and O–H groups in total. The normalized spacial score (nSPS) is 37.2. The quantitative estimate of drug-likeness (QED) is 0.522. The zero-order valence-corrected chi connectivity index (χ0v) is 19.6. The van der Waals surface area contributed by atoms with Gasteiger partial charge in [-0.15, -0.1) is 0 Å². The molecule has 3 fully saturated rings. The highest BCUT2D eigenvalue weighted by Gasteiger charge is 2.78. The second-order valence-electron chi connectivity index (χ2n) is 10.7. The van der Waals surface area contributed by atoms with E-state index in [1.807, 2.05) is 34.6 Å². The molecule has 0 aliphatic carbocycles. The van der Waals surface area contributed by atoms with Gasteiger partial charge in [0.25, 0.3) is 0 Å². The van der Waals surface area contributed by atoms with Gasteiger partial charge in [-0.1, -0.05) is 34.6 Å². The Labute approximate surface area is 184 Å². The van der Waals surface area contributed by atoms with Crippen molar-refractivity contribution < 1.29 is 43.7 Å². The third-order valence-corrected chi connectivity index (χ3v) is 7.75. The fourth-order valence-corrected chi connectivity index (χ4v) is 5.57. The summed E-state index contributed by atoms with van der Waals surface area (Å²) in [7, 11) is 0. The van der Waals surface area contributed by atoms with E-state index in [1.165, 1.54) is 0 Å². The van der Waals surface area contributed by atoms with E-state index in [0.717, 1.165) is 0 Å². The molecule has 0 aromatic carbocycles. The molecule has 9 nitrogen and oxygen atoms in total. The van der Waals surface area contributed by atoms with Crippen LogP contribution in [0.4, 0.5) is 0 Å². The summed E-state index contributed by atoms with van der Waals surface area (Å²) >= 11 is 0. The topological polar surface area (TPSA) is 116 Å². The van der Waals surface area contributed by atoms with Crippen molar-refractivity contribution in [2.45, 2.75) is 52.4 Å². The molecule has 3 aliphatic heterocycles. The number of aliphatic hydroxyl groups excluding tert-OH is 3. The van der Waals surface area contributed by atoms with Crippen molar-refractivity contribution in [3.63, 3.8) is 0 Å². The molecule has 0 radical (unpaired) electrons. The Bertz CT molecular complexity index is 592. The Morgan fingerprint density at radius 1 is 0.710 bits per heavy atom. The molecule has 182 valence electrons. The second kappa shape index (κ2) is 8.77. The number of ether oxygens (including phenoxy) is 6. The molecular weight excluding hydrogens is 408 g/mol. The van der Waals surface area contributed by atoms with Gasteiger partial charge in [0.05, 0.1) is 58.3 Å².